The van der Waals surface area contributed by atoms with Gasteiger partial charge in [-0.15, -0.1) is 11.3 Å². The minimum Gasteiger partial charge on any atom is -0.378 e. The Hall–Kier alpha value is -0.820. The summed E-state index contributed by atoms with van der Waals surface area (Å²) in [6, 6.07) is 4.62. The fourth-order valence-corrected chi connectivity index (χ4v) is 3.50. The minimum absolute atomic E-state index is 0.264. The van der Waals surface area contributed by atoms with Crippen molar-refractivity contribution in [1.29, 1.82) is 0 Å². The number of benzene rings is 1. The Kier molecular flexibility index (Phi) is 5.04. The van der Waals surface area contributed by atoms with Gasteiger partial charge < -0.3 is 10.1 Å². The number of aromatic nitrogens is 1. The first-order chi connectivity index (χ1) is 9.15. The lowest BCUT2D eigenvalue weighted by atomic mass is 10.2. The molecular weight excluding hydrogens is 331 g/mol. The second kappa shape index (κ2) is 6.56. The van der Waals surface area contributed by atoms with E-state index in [0.717, 1.165) is 27.7 Å². The molecule has 0 fully saturated rings. The summed E-state index contributed by atoms with van der Waals surface area (Å²) in [4.78, 5) is 5.72. The lowest BCUT2D eigenvalue weighted by Crippen LogP contribution is -2.06. The molecule has 2 aromatic rings. The number of ether oxygens (including phenoxy) is 1. The zero-order chi connectivity index (χ0) is 13.8. The molecule has 6 heteroatoms. The Labute approximate surface area is 124 Å². The van der Waals surface area contributed by atoms with E-state index >= 15 is 0 Å². The van der Waals surface area contributed by atoms with Crippen LogP contribution in [0.3, 0.4) is 0 Å². The minimum atomic E-state index is -0.264. The second-order valence-corrected chi connectivity index (χ2v) is 5.91. The number of methoxy groups -OCH3 is 1. The molecule has 2 rings (SSSR count). The largest absolute Gasteiger partial charge is 0.378 e. The van der Waals surface area contributed by atoms with Gasteiger partial charge in [0.2, 0.25) is 0 Å². The Morgan fingerprint density at radius 1 is 1.47 bits per heavy atom. The Balaban J connectivity index is 2.41. The van der Waals surface area contributed by atoms with E-state index in [4.69, 9.17) is 4.74 Å². The molecule has 1 aromatic heterocycles. The molecule has 0 bridgehead atoms. The third-order valence-electron chi connectivity index (χ3n) is 2.56. The smallest absolute Gasteiger partial charge is 0.125 e. The summed E-state index contributed by atoms with van der Waals surface area (Å²) in [5.41, 5.74) is 1.82. The SMILES string of the molecule is CNCc1sc(-c2ccc(F)cc2Br)nc1COC. The second-order valence-electron chi connectivity index (χ2n) is 3.98. The van der Waals surface area contributed by atoms with Crippen LogP contribution in [0.1, 0.15) is 10.6 Å². The lowest BCUT2D eigenvalue weighted by Gasteiger charge is -2.00. The van der Waals surface area contributed by atoms with Crippen molar-refractivity contribution >= 4 is 27.3 Å². The zero-order valence-corrected chi connectivity index (χ0v) is 13.1. The van der Waals surface area contributed by atoms with E-state index in [0.29, 0.717) is 11.1 Å². The van der Waals surface area contributed by atoms with Crippen molar-refractivity contribution in [1.82, 2.24) is 10.3 Å². The van der Waals surface area contributed by atoms with Crippen LogP contribution in [0.25, 0.3) is 10.6 Å². The molecule has 0 spiro atoms. The Morgan fingerprint density at radius 2 is 2.26 bits per heavy atom. The summed E-state index contributed by atoms with van der Waals surface area (Å²) < 4.78 is 19.0. The maximum absolute atomic E-state index is 13.1. The van der Waals surface area contributed by atoms with Crippen molar-refractivity contribution in [3.8, 4) is 10.6 Å². The Morgan fingerprint density at radius 3 is 2.89 bits per heavy atom. The van der Waals surface area contributed by atoms with E-state index in [9.17, 15) is 4.39 Å². The molecule has 0 amide bonds. The molecule has 0 atom stereocenters. The van der Waals surface area contributed by atoms with Crippen LogP contribution < -0.4 is 5.32 Å². The molecule has 0 aliphatic rings. The standard InChI is InChI=1S/C13H14BrFN2OS/c1-16-6-12-11(7-18-2)17-13(19-12)9-4-3-8(15)5-10(9)14/h3-5,16H,6-7H2,1-2H3. The summed E-state index contributed by atoms with van der Waals surface area (Å²) in [7, 11) is 3.54. The number of nitrogens with one attached hydrogen (secondary N) is 1. The van der Waals surface area contributed by atoms with Crippen molar-refractivity contribution in [2.24, 2.45) is 0 Å². The van der Waals surface area contributed by atoms with Crippen molar-refractivity contribution in [2.45, 2.75) is 13.2 Å². The quantitative estimate of drug-likeness (QED) is 0.900. The van der Waals surface area contributed by atoms with E-state index < -0.39 is 0 Å². The van der Waals surface area contributed by atoms with Crippen LogP contribution in [0.15, 0.2) is 22.7 Å². The predicted molar refractivity (Wildman–Crippen MR) is 78.7 cm³/mol. The molecule has 102 valence electrons. The van der Waals surface area contributed by atoms with Gasteiger partial charge in [-0.2, -0.15) is 0 Å². The molecule has 0 saturated heterocycles. The first-order valence-electron chi connectivity index (χ1n) is 5.73. The number of thiazole rings is 1. The monoisotopic (exact) mass is 344 g/mol. The van der Waals surface area contributed by atoms with Crippen molar-refractivity contribution < 1.29 is 9.13 Å². The van der Waals surface area contributed by atoms with Crippen molar-refractivity contribution in [2.75, 3.05) is 14.2 Å². The van der Waals surface area contributed by atoms with Gasteiger partial charge in [0, 0.05) is 28.6 Å². The highest BCUT2D eigenvalue weighted by atomic mass is 79.9. The van der Waals surface area contributed by atoms with Gasteiger partial charge in [-0.1, -0.05) is 0 Å². The molecule has 1 N–H and O–H groups in total. The highest BCUT2D eigenvalue weighted by Crippen LogP contribution is 2.33. The molecule has 0 aliphatic heterocycles. The average molecular weight is 345 g/mol. The molecular formula is C13H14BrFN2OS. The summed E-state index contributed by atoms with van der Waals surface area (Å²) in [6.45, 7) is 1.22. The molecule has 19 heavy (non-hydrogen) atoms. The van der Waals surface area contributed by atoms with E-state index in [2.05, 4.69) is 26.2 Å². The van der Waals surface area contributed by atoms with Gasteiger partial charge in [-0.3, -0.25) is 0 Å². The van der Waals surface area contributed by atoms with E-state index in [1.54, 1.807) is 24.5 Å². The maximum atomic E-state index is 13.1. The molecule has 0 radical (unpaired) electrons. The highest BCUT2D eigenvalue weighted by molar-refractivity contribution is 9.10. The van der Waals surface area contributed by atoms with Crippen molar-refractivity contribution in [3.63, 3.8) is 0 Å². The third-order valence-corrected chi connectivity index (χ3v) is 4.35. The van der Waals surface area contributed by atoms with Gasteiger partial charge in [-0.05, 0) is 41.2 Å². The zero-order valence-electron chi connectivity index (χ0n) is 10.7. The van der Waals surface area contributed by atoms with Crippen LogP contribution >= 0.6 is 27.3 Å². The van der Waals surface area contributed by atoms with E-state index in [1.165, 1.54) is 12.1 Å². The summed E-state index contributed by atoms with van der Waals surface area (Å²) in [5.74, 6) is -0.264. The molecule has 1 aromatic carbocycles. The fourth-order valence-electron chi connectivity index (χ4n) is 1.71. The first kappa shape index (κ1) is 14.6. The van der Waals surface area contributed by atoms with Gasteiger partial charge >= 0.3 is 0 Å². The summed E-state index contributed by atoms with van der Waals surface area (Å²) >= 11 is 4.97. The molecule has 0 saturated carbocycles. The van der Waals surface area contributed by atoms with Crippen LogP contribution in [0.2, 0.25) is 0 Å². The van der Waals surface area contributed by atoms with Gasteiger partial charge in [-0.25, -0.2) is 9.37 Å². The van der Waals surface area contributed by atoms with Crippen LogP contribution in [-0.4, -0.2) is 19.1 Å². The molecule has 0 unspecified atom stereocenters. The fraction of sp³-hybridized carbons (Fsp3) is 0.308. The van der Waals surface area contributed by atoms with E-state index in [1.807, 2.05) is 7.05 Å². The van der Waals surface area contributed by atoms with Crippen LogP contribution in [0, 0.1) is 5.82 Å². The predicted octanol–water partition coefficient (Wildman–Crippen LogP) is 3.58. The molecule has 1 heterocycles. The highest BCUT2D eigenvalue weighted by Gasteiger charge is 2.14. The average Bonchev–Trinajstić information content (AvgIpc) is 2.73. The van der Waals surface area contributed by atoms with Crippen molar-refractivity contribution in [3.05, 3.63) is 39.1 Å². The number of nitrogens with zero attached hydrogens (tertiary/aromatic N) is 1. The van der Waals surface area contributed by atoms with Gasteiger partial charge in [0.25, 0.3) is 0 Å². The molecule has 3 nitrogen and oxygen atoms in total. The summed E-state index contributed by atoms with van der Waals surface area (Å²) in [6.07, 6.45) is 0. The summed E-state index contributed by atoms with van der Waals surface area (Å²) in [5, 5.41) is 3.98. The van der Waals surface area contributed by atoms with E-state index in [-0.39, 0.29) is 5.82 Å². The Bertz CT molecular complexity index is 550. The lowest BCUT2D eigenvalue weighted by molar-refractivity contribution is 0.181. The van der Waals surface area contributed by atoms with Crippen LogP contribution in [0.4, 0.5) is 4.39 Å². The van der Waals surface area contributed by atoms with Crippen LogP contribution in [0.5, 0.6) is 0 Å². The molecule has 0 aliphatic carbocycles. The number of halogens is 2. The van der Waals surface area contributed by atoms with Gasteiger partial charge in [0.05, 0.1) is 12.3 Å². The normalized spacial score (nSPS) is 10.9. The topological polar surface area (TPSA) is 34.2 Å². The van der Waals surface area contributed by atoms with Gasteiger partial charge in [0.1, 0.15) is 10.8 Å². The van der Waals surface area contributed by atoms with Gasteiger partial charge in [0.15, 0.2) is 0 Å². The number of hydrogen-bond donors (Lipinski definition) is 1. The first-order valence-corrected chi connectivity index (χ1v) is 7.34. The number of rotatable bonds is 5. The number of hydrogen-bond acceptors (Lipinski definition) is 4. The maximum Gasteiger partial charge on any atom is 0.125 e. The van der Waals surface area contributed by atoms with Crippen LogP contribution in [-0.2, 0) is 17.9 Å². The third kappa shape index (κ3) is 3.39.